The third-order valence-electron chi connectivity index (χ3n) is 3.45. The van der Waals surface area contributed by atoms with Crippen molar-refractivity contribution in [3.05, 3.63) is 63.8 Å². The van der Waals surface area contributed by atoms with Crippen LogP contribution in [-0.4, -0.2) is 5.91 Å². The van der Waals surface area contributed by atoms with Gasteiger partial charge < -0.3 is 9.73 Å². The van der Waals surface area contributed by atoms with E-state index in [4.69, 9.17) is 4.42 Å². The molecule has 0 atom stereocenters. The minimum atomic E-state index is -0.240. The summed E-state index contributed by atoms with van der Waals surface area (Å²) in [5.74, 6) is 0.0649. The lowest BCUT2D eigenvalue weighted by atomic mass is 10.1. The molecule has 0 saturated heterocycles. The highest BCUT2D eigenvalue weighted by molar-refractivity contribution is 9.10. The van der Waals surface area contributed by atoms with E-state index in [1.165, 1.54) is 0 Å². The zero-order valence-corrected chi connectivity index (χ0v) is 13.3. The number of aryl methyl sites for hydroxylation is 2. The van der Waals surface area contributed by atoms with Crippen LogP contribution >= 0.6 is 15.9 Å². The molecule has 0 aliphatic heterocycles. The number of nitrogens with one attached hydrogen (secondary N) is 1. The number of para-hydroxylation sites is 1. The maximum atomic E-state index is 12.4. The summed E-state index contributed by atoms with van der Waals surface area (Å²) in [5, 5.41) is 3.82. The number of benzene rings is 2. The molecule has 21 heavy (non-hydrogen) atoms. The molecule has 1 N–H and O–H groups in total. The molecule has 2 aromatic carbocycles. The number of halogens is 1. The van der Waals surface area contributed by atoms with Gasteiger partial charge in [0.25, 0.3) is 5.91 Å². The maximum absolute atomic E-state index is 12.4. The number of carbonyl (C=O) groups is 1. The smallest absolute Gasteiger partial charge is 0.291 e. The highest BCUT2D eigenvalue weighted by atomic mass is 79.9. The molecule has 0 unspecified atom stereocenters. The summed E-state index contributed by atoms with van der Waals surface area (Å²) in [7, 11) is 0. The first-order valence-electron chi connectivity index (χ1n) is 6.62. The van der Waals surface area contributed by atoms with Gasteiger partial charge in [-0.05, 0) is 43.2 Å². The average molecular weight is 344 g/mol. The summed E-state index contributed by atoms with van der Waals surface area (Å²) < 4.78 is 6.53. The van der Waals surface area contributed by atoms with Gasteiger partial charge in [0.05, 0.1) is 0 Å². The van der Waals surface area contributed by atoms with Gasteiger partial charge in [-0.1, -0.05) is 40.2 Å². The molecule has 0 saturated carbocycles. The highest BCUT2D eigenvalue weighted by Gasteiger charge is 2.15. The Balaban J connectivity index is 1.96. The SMILES string of the molecule is Cc1cccc(C)c1NC(=O)c1cc2c(Br)cccc2o1. The molecule has 3 nitrogen and oxygen atoms in total. The first kappa shape index (κ1) is 13.9. The van der Waals surface area contributed by atoms with Crippen molar-refractivity contribution in [1.29, 1.82) is 0 Å². The number of fused-ring (bicyclic) bond motifs is 1. The van der Waals surface area contributed by atoms with Crippen molar-refractivity contribution in [3.8, 4) is 0 Å². The molecule has 106 valence electrons. The van der Waals surface area contributed by atoms with E-state index < -0.39 is 0 Å². The summed E-state index contributed by atoms with van der Waals surface area (Å²) in [6.07, 6.45) is 0. The second kappa shape index (κ2) is 5.37. The van der Waals surface area contributed by atoms with E-state index in [0.717, 1.165) is 26.7 Å². The first-order valence-corrected chi connectivity index (χ1v) is 7.41. The van der Waals surface area contributed by atoms with Crippen LogP contribution in [-0.2, 0) is 0 Å². The summed E-state index contributed by atoms with van der Waals surface area (Å²) in [6.45, 7) is 3.94. The summed E-state index contributed by atoms with van der Waals surface area (Å²) in [5.41, 5.74) is 3.58. The van der Waals surface area contributed by atoms with Crippen LogP contribution in [0, 0.1) is 13.8 Å². The Hall–Kier alpha value is -2.07. The highest BCUT2D eigenvalue weighted by Crippen LogP contribution is 2.28. The normalized spacial score (nSPS) is 10.8. The second-order valence-electron chi connectivity index (χ2n) is 4.98. The van der Waals surface area contributed by atoms with E-state index in [1.54, 1.807) is 6.07 Å². The van der Waals surface area contributed by atoms with Crippen LogP contribution in [0.1, 0.15) is 21.7 Å². The second-order valence-corrected chi connectivity index (χ2v) is 5.84. The number of amides is 1. The first-order chi connectivity index (χ1) is 10.1. The van der Waals surface area contributed by atoms with E-state index in [2.05, 4.69) is 21.2 Å². The Morgan fingerprint density at radius 3 is 2.43 bits per heavy atom. The van der Waals surface area contributed by atoms with Crippen LogP contribution in [0.4, 0.5) is 5.69 Å². The fraction of sp³-hybridized carbons (Fsp3) is 0.118. The number of rotatable bonds is 2. The Morgan fingerprint density at radius 1 is 1.10 bits per heavy atom. The molecule has 1 amide bonds. The van der Waals surface area contributed by atoms with Gasteiger partial charge in [-0.2, -0.15) is 0 Å². The predicted octanol–water partition coefficient (Wildman–Crippen LogP) is 5.06. The molecule has 3 rings (SSSR count). The van der Waals surface area contributed by atoms with Gasteiger partial charge in [0.1, 0.15) is 5.58 Å². The van der Waals surface area contributed by atoms with Crippen molar-refractivity contribution in [2.24, 2.45) is 0 Å². The fourth-order valence-corrected chi connectivity index (χ4v) is 2.79. The van der Waals surface area contributed by atoms with Crippen molar-refractivity contribution in [1.82, 2.24) is 0 Å². The van der Waals surface area contributed by atoms with Crippen LogP contribution < -0.4 is 5.32 Å². The van der Waals surface area contributed by atoms with Gasteiger partial charge in [0, 0.05) is 15.5 Å². The topological polar surface area (TPSA) is 42.2 Å². The lowest BCUT2D eigenvalue weighted by Gasteiger charge is -2.09. The third kappa shape index (κ3) is 2.59. The summed E-state index contributed by atoms with van der Waals surface area (Å²) in [6, 6.07) is 13.3. The van der Waals surface area contributed by atoms with Crippen LogP contribution in [0.15, 0.2) is 51.4 Å². The molecule has 0 fully saturated rings. The minimum Gasteiger partial charge on any atom is -0.451 e. The molecule has 3 aromatic rings. The Bertz CT molecular complexity index is 816. The molecule has 1 aromatic heterocycles. The van der Waals surface area contributed by atoms with Crippen molar-refractivity contribution in [3.63, 3.8) is 0 Å². The molecular formula is C17H14BrNO2. The molecule has 0 aliphatic rings. The minimum absolute atomic E-state index is 0.240. The lowest BCUT2D eigenvalue weighted by Crippen LogP contribution is -2.12. The van der Waals surface area contributed by atoms with Gasteiger partial charge in [0.15, 0.2) is 5.76 Å². The number of furan rings is 1. The number of hydrogen-bond donors (Lipinski definition) is 1. The fourth-order valence-electron chi connectivity index (χ4n) is 2.32. The predicted molar refractivity (Wildman–Crippen MR) is 87.8 cm³/mol. The third-order valence-corrected chi connectivity index (χ3v) is 4.14. The summed E-state index contributed by atoms with van der Waals surface area (Å²) >= 11 is 3.46. The molecule has 0 spiro atoms. The van der Waals surface area contributed by atoms with Crippen LogP contribution in [0.25, 0.3) is 11.0 Å². The summed E-state index contributed by atoms with van der Waals surface area (Å²) in [4.78, 5) is 12.4. The van der Waals surface area contributed by atoms with E-state index in [0.29, 0.717) is 11.3 Å². The Labute approximate surface area is 131 Å². The molecule has 0 radical (unpaired) electrons. The van der Waals surface area contributed by atoms with Crippen molar-refractivity contribution < 1.29 is 9.21 Å². The van der Waals surface area contributed by atoms with Crippen molar-refractivity contribution in [2.45, 2.75) is 13.8 Å². The Kier molecular flexibility index (Phi) is 3.55. The lowest BCUT2D eigenvalue weighted by molar-refractivity contribution is 0.0998. The van der Waals surface area contributed by atoms with Crippen molar-refractivity contribution in [2.75, 3.05) is 5.32 Å². The number of carbonyl (C=O) groups excluding carboxylic acids is 1. The van der Waals surface area contributed by atoms with E-state index in [1.807, 2.05) is 50.2 Å². The number of anilines is 1. The molecule has 4 heteroatoms. The average Bonchev–Trinajstić information content (AvgIpc) is 2.88. The van der Waals surface area contributed by atoms with Gasteiger partial charge in [-0.15, -0.1) is 0 Å². The standard InChI is InChI=1S/C17H14BrNO2/c1-10-5-3-6-11(2)16(10)19-17(20)15-9-12-13(18)7-4-8-14(12)21-15/h3-9H,1-2H3,(H,19,20). The van der Waals surface area contributed by atoms with Crippen molar-refractivity contribution >= 4 is 38.5 Å². The zero-order valence-electron chi connectivity index (χ0n) is 11.7. The Morgan fingerprint density at radius 2 is 1.76 bits per heavy atom. The number of hydrogen-bond acceptors (Lipinski definition) is 2. The monoisotopic (exact) mass is 343 g/mol. The zero-order chi connectivity index (χ0) is 15.0. The van der Waals surface area contributed by atoms with Gasteiger partial charge >= 0.3 is 0 Å². The van der Waals surface area contributed by atoms with Gasteiger partial charge in [-0.25, -0.2) is 0 Å². The van der Waals surface area contributed by atoms with E-state index >= 15 is 0 Å². The quantitative estimate of drug-likeness (QED) is 0.706. The molecule has 1 heterocycles. The molecular weight excluding hydrogens is 330 g/mol. The van der Waals surface area contributed by atoms with Gasteiger partial charge in [-0.3, -0.25) is 4.79 Å². The van der Waals surface area contributed by atoms with E-state index in [9.17, 15) is 4.79 Å². The molecule has 0 bridgehead atoms. The van der Waals surface area contributed by atoms with Crippen LogP contribution in [0.2, 0.25) is 0 Å². The van der Waals surface area contributed by atoms with E-state index in [-0.39, 0.29) is 5.91 Å². The van der Waals surface area contributed by atoms with Gasteiger partial charge in [0.2, 0.25) is 0 Å². The van der Waals surface area contributed by atoms with Crippen LogP contribution in [0.5, 0.6) is 0 Å². The largest absolute Gasteiger partial charge is 0.451 e. The van der Waals surface area contributed by atoms with Crippen LogP contribution in [0.3, 0.4) is 0 Å². The maximum Gasteiger partial charge on any atom is 0.291 e. The molecule has 0 aliphatic carbocycles.